The summed E-state index contributed by atoms with van der Waals surface area (Å²) in [5.41, 5.74) is 6.85. The molecule has 0 aromatic carbocycles. The van der Waals surface area contributed by atoms with Gasteiger partial charge < -0.3 is 15.5 Å². The van der Waals surface area contributed by atoms with Crippen molar-refractivity contribution in [2.45, 2.75) is 38.1 Å². The highest BCUT2D eigenvalue weighted by molar-refractivity contribution is 5.48. The molecule has 1 aromatic rings. The van der Waals surface area contributed by atoms with Crippen molar-refractivity contribution in [2.75, 3.05) is 36.8 Å². The molecule has 19 heavy (non-hydrogen) atoms. The van der Waals surface area contributed by atoms with E-state index >= 15 is 0 Å². The first-order valence-electron chi connectivity index (χ1n) is 7.53. The zero-order valence-electron chi connectivity index (χ0n) is 11.6. The molecule has 0 spiro atoms. The van der Waals surface area contributed by atoms with Gasteiger partial charge in [0.25, 0.3) is 0 Å². The van der Waals surface area contributed by atoms with Gasteiger partial charge in [0.15, 0.2) is 0 Å². The summed E-state index contributed by atoms with van der Waals surface area (Å²) in [7, 11) is 0. The number of nitrogens with zero attached hydrogens (tertiary/aromatic N) is 3. The Kier molecular flexibility index (Phi) is 3.87. The van der Waals surface area contributed by atoms with Gasteiger partial charge in [-0.15, -0.1) is 0 Å². The van der Waals surface area contributed by atoms with Gasteiger partial charge in [-0.25, -0.2) is 4.98 Å². The monoisotopic (exact) mass is 260 g/mol. The minimum Gasteiger partial charge on any atom is -0.384 e. The minimum atomic E-state index is 0.604. The van der Waals surface area contributed by atoms with Crippen LogP contribution in [0.3, 0.4) is 0 Å². The van der Waals surface area contributed by atoms with Crippen molar-refractivity contribution >= 4 is 11.5 Å². The van der Waals surface area contributed by atoms with Crippen LogP contribution in [-0.4, -0.2) is 42.1 Å². The zero-order chi connectivity index (χ0) is 13.1. The van der Waals surface area contributed by atoms with Gasteiger partial charge in [-0.1, -0.05) is 6.42 Å². The number of hydrogen-bond donors (Lipinski definition) is 1. The predicted octanol–water partition coefficient (Wildman–Crippen LogP) is 2.12. The Morgan fingerprint density at radius 1 is 1.00 bits per heavy atom. The van der Waals surface area contributed by atoms with E-state index in [-0.39, 0.29) is 0 Å². The smallest absolute Gasteiger partial charge is 0.123 e. The second-order valence-corrected chi connectivity index (χ2v) is 5.76. The van der Waals surface area contributed by atoms with Crippen molar-refractivity contribution in [2.24, 2.45) is 0 Å². The highest BCUT2D eigenvalue weighted by Crippen LogP contribution is 2.24. The van der Waals surface area contributed by atoms with Gasteiger partial charge in [-0.2, -0.15) is 0 Å². The maximum atomic E-state index is 5.64. The first-order chi connectivity index (χ1) is 9.33. The van der Waals surface area contributed by atoms with Crippen molar-refractivity contribution in [3.8, 4) is 0 Å². The molecule has 2 aliphatic heterocycles. The fraction of sp³-hybridized carbons (Fsp3) is 0.667. The van der Waals surface area contributed by atoms with Gasteiger partial charge in [0.05, 0.1) is 11.9 Å². The number of nitrogens with two attached hydrogens (primary N) is 1. The molecular weight excluding hydrogens is 236 g/mol. The van der Waals surface area contributed by atoms with Gasteiger partial charge in [0.2, 0.25) is 0 Å². The third-order valence-corrected chi connectivity index (χ3v) is 4.51. The molecule has 0 bridgehead atoms. The molecule has 1 aromatic heterocycles. The number of piperidine rings is 2. The summed E-state index contributed by atoms with van der Waals surface area (Å²) >= 11 is 0. The van der Waals surface area contributed by atoms with Crippen molar-refractivity contribution in [1.82, 2.24) is 9.88 Å². The Hall–Kier alpha value is -1.29. The van der Waals surface area contributed by atoms with Gasteiger partial charge in [0.1, 0.15) is 5.82 Å². The minimum absolute atomic E-state index is 0.604. The van der Waals surface area contributed by atoms with Gasteiger partial charge in [-0.3, -0.25) is 0 Å². The first-order valence-corrected chi connectivity index (χ1v) is 7.53. The van der Waals surface area contributed by atoms with Crippen LogP contribution < -0.4 is 10.6 Å². The molecule has 0 atom stereocenters. The zero-order valence-corrected chi connectivity index (χ0v) is 11.6. The molecule has 0 aliphatic carbocycles. The Bertz CT molecular complexity index is 389. The van der Waals surface area contributed by atoms with Crippen molar-refractivity contribution in [3.63, 3.8) is 0 Å². The van der Waals surface area contributed by atoms with E-state index in [9.17, 15) is 0 Å². The average molecular weight is 260 g/mol. The summed E-state index contributed by atoms with van der Waals surface area (Å²) in [5.74, 6) is 0.604. The third-order valence-electron chi connectivity index (χ3n) is 4.51. The normalized spacial score (nSPS) is 22.6. The van der Waals surface area contributed by atoms with Crippen molar-refractivity contribution in [3.05, 3.63) is 18.3 Å². The van der Waals surface area contributed by atoms with Gasteiger partial charge >= 0.3 is 0 Å². The third kappa shape index (κ3) is 3.00. The van der Waals surface area contributed by atoms with Crippen LogP contribution in [0.1, 0.15) is 32.1 Å². The van der Waals surface area contributed by atoms with Crippen LogP contribution in [-0.2, 0) is 0 Å². The first kappa shape index (κ1) is 12.7. The highest BCUT2D eigenvalue weighted by atomic mass is 15.2. The van der Waals surface area contributed by atoms with Crippen LogP contribution in [0.25, 0.3) is 0 Å². The molecule has 0 radical (unpaired) electrons. The lowest BCUT2D eigenvalue weighted by atomic mass is 9.99. The second kappa shape index (κ2) is 5.78. The van der Waals surface area contributed by atoms with E-state index in [2.05, 4.69) is 20.9 Å². The Morgan fingerprint density at radius 2 is 1.74 bits per heavy atom. The van der Waals surface area contributed by atoms with Gasteiger partial charge in [0, 0.05) is 19.1 Å². The maximum absolute atomic E-state index is 5.64. The molecule has 2 aliphatic rings. The van der Waals surface area contributed by atoms with E-state index in [0.717, 1.165) is 19.1 Å². The van der Waals surface area contributed by atoms with E-state index < -0.39 is 0 Å². The van der Waals surface area contributed by atoms with Crippen LogP contribution in [0.4, 0.5) is 11.5 Å². The lowest BCUT2D eigenvalue weighted by Crippen LogP contribution is -2.46. The number of aromatic nitrogens is 1. The summed E-state index contributed by atoms with van der Waals surface area (Å²) in [6.45, 7) is 4.92. The molecular formula is C15H24N4. The van der Waals surface area contributed by atoms with E-state index in [1.165, 1.54) is 50.9 Å². The second-order valence-electron chi connectivity index (χ2n) is 5.76. The number of likely N-dealkylation sites (tertiary alicyclic amines) is 1. The Labute approximate surface area is 115 Å². The average Bonchev–Trinajstić information content (AvgIpc) is 2.49. The predicted molar refractivity (Wildman–Crippen MR) is 79.3 cm³/mol. The molecule has 3 heterocycles. The number of anilines is 2. The lowest BCUT2D eigenvalue weighted by Gasteiger charge is -2.40. The molecule has 4 heteroatoms. The summed E-state index contributed by atoms with van der Waals surface area (Å²) in [6.07, 6.45) is 8.67. The van der Waals surface area contributed by atoms with E-state index in [1.807, 2.05) is 12.3 Å². The molecule has 0 amide bonds. The molecule has 0 unspecified atom stereocenters. The van der Waals surface area contributed by atoms with E-state index in [0.29, 0.717) is 5.82 Å². The van der Waals surface area contributed by atoms with Crippen LogP contribution in [0.2, 0.25) is 0 Å². The Morgan fingerprint density at radius 3 is 2.37 bits per heavy atom. The topological polar surface area (TPSA) is 45.4 Å². The molecule has 2 saturated heterocycles. The lowest BCUT2D eigenvalue weighted by molar-refractivity contribution is 0.141. The maximum Gasteiger partial charge on any atom is 0.123 e. The number of pyridine rings is 1. The molecule has 104 valence electrons. The molecule has 3 rings (SSSR count). The van der Waals surface area contributed by atoms with Crippen LogP contribution in [0.5, 0.6) is 0 Å². The van der Waals surface area contributed by atoms with Crippen molar-refractivity contribution < 1.29 is 0 Å². The standard InChI is InChI=1S/C15H24N4/c16-15-5-4-14(12-17-15)19-10-6-13(7-11-19)18-8-2-1-3-9-18/h4-5,12-13H,1-3,6-11H2,(H2,16,17). The number of nitrogen functional groups attached to an aromatic ring is 1. The largest absolute Gasteiger partial charge is 0.384 e. The van der Waals surface area contributed by atoms with Crippen LogP contribution in [0, 0.1) is 0 Å². The summed E-state index contributed by atoms with van der Waals surface area (Å²) in [6, 6.07) is 4.79. The van der Waals surface area contributed by atoms with Crippen LogP contribution >= 0.6 is 0 Å². The fourth-order valence-electron chi connectivity index (χ4n) is 3.36. The Balaban J connectivity index is 1.55. The number of rotatable bonds is 2. The quantitative estimate of drug-likeness (QED) is 0.884. The summed E-state index contributed by atoms with van der Waals surface area (Å²) in [5, 5.41) is 0. The fourth-order valence-corrected chi connectivity index (χ4v) is 3.36. The molecule has 2 N–H and O–H groups in total. The highest BCUT2D eigenvalue weighted by Gasteiger charge is 2.25. The SMILES string of the molecule is Nc1ccc(N2CCC(N3CCCCC3)CC2)cn1. The van der Waals surface area contributed by atoms with Gasteiger partial charge in [-0.05, 0) is 50.9 Å². The number of hydrogen-bond acceptors (Lipinski definition) is 4. The van der Waals surface area contributed by atoms with E-state index in [4.69, 9.17) is 5.73 Å². The molecule has 0 saturated carbocycles. The summed E-state index contributed by atoms with van der Waals surface area (Å²) < 4.78 is 0. The molecule has 2 fully saturated rings. The van der Waals surface area contributed by atoms with Crippen molar-refractivity contribution in [1.29, 1.82) is 0 Å². The summed E-state index contributed by atoms with van der Waals surface area (Å²) in [4.78, 5) is 9.34. The van der Waals surface area contributed by atoms with E-state index in [1.54, 1.807) is 0 Å². The van der Waals surface area contributed by atoms with Crippen LogP contribution in [0.15, 0.2) is 18.3 Å². The molecule has 4 nitrogen and oxygen atoms in total.